The normalized spacial score (nSPS) is 52.5. The number of carboxylic acids is 1. The Morgan fingerprint density at radius 3 is 2.38 bits per heavy atom. The van der Waals surface area contributed by atoms with E-state index in [-0.39, 0.29) is 5.92 Å². The predicted molar refractivity (Wildman–Crippen MR) is 48.2 cm³/mol. The van der Waals surface area contributed by atoms with Crippen molar-refractivity contribution in [1.82, 2.24) is 0 Å². The monoisotopic (exact) mass is 180 g/mol. The molecule has 13 heavy (non-hydrogen) atoms. The first-order valence-electron chi connectivity index (χ1n) is 5.47. The molecule has 5 atom stereocenters. The molecule has 72 valence electrons. The lowest BCUT2D eigenvalue weighted by molar-refractivity contribution is -0.146. The Balaban J connectivity index is 1.91. The molecule has 5 unspecified atom stereocenters. The summed E-state index contributed by atoms with van der Waals surface area (Å²) in [5.74, 6) is 2.44. The summed E-state index contributed by atoms with van der Waals surface area (Å²) in [4.78, 5) is 11.1. The highest BCUT2D eigenvalue weighted by molar-refractivity contribution is 5.70. The van der Waals surface area contributed by atoms with Crippen LogP contribution in [0.2, 0.25) is 0 Å². The van der Waals surface area contributed by atoms with Crippen LogP contribution < -0.4 is 0 Å². The molecule has 0 amide bonds. The Hall–Kier alpha value is -0.530. The lowest BCUT2D eigenvalue weighted by atomic mass is 9.67. The average Bonchev–Trinajstić information content (AvgIpc) is 2.27. The Labute approximate surface area is 78.3 Å². The SMILES string of the molecule is O=C(O)C1CC2CC3CC(C2)C1C3. The van der Waals surface area contributed by atoms with Crippen molar-refractivity contribution in [3.63, 3.8) is 0 Å². The van der Waals surface area contributed by atoms with Crippen LogP contribution in [0.3, 0.4) is 0 Å². The second-order valence-electron chi connectivity index (χ2n) is 5.28. The third-order valence-electron chi connectivity index (χ3n) is 4.57. The zero-order valence-corrected chi connectivity index (χ0v) is 7.78. The van der Waals surface area contributed by atoms with Crippen LogP contribution in [0.4, 0.5) is 0 Å². The van der Waals surface area contributed by atoms with E-state index >= 15 is 0 Å². The number of fused-ring (bicyclic) bond motifs is 2. The van der Waals surface area contributed by atoms with Crippen molar-refractivity contribution in [3.05, 3.63) is 0 Å². The van der Waals surface area contributed by atoms with Gasteiger partial charge in [0, 0.05) is 0 Å². The maximum atomic E-state index is 11.1. The van der Waals surface area contributed by atoms with Crippen LogP contribution in [-0.4, -0.2) is 11.1 Å². The van der Waals surface area contributed by atoms with E-state index in [1.807, 2.05) is 0 Å². The van der Waals surface area contributed by atoms with Crippen LogP contribution in [0.25, 0.3) is 0 Å². The largest absolute Gasteiger partial charge is 0.481 e. The molecule has 2 heteroatoms. The predicted octanol–water partition coefficient (Wildman–Crippen LogP) is 2.14. The maximum Gasteiger partial charge on any atom is 0.306 e. The van der Waals surface area contributed by atoms with Gasteiger partial charge in [-0.3, -0.25) is 4.79 Å². The fourth-order valence-electron chi connectivity index (χ4n) is 4.24. The Morgan fingerprint density at radius 1 is 1.00 bits per heavy atom. The number of rotatable bonds is 1. The first-order chi connectivity index (χ1) is 6.24. The van der Waals surface area contributed by atoms with E-state index in [0.717, 1.165) is 24.2 Å². The van der Waals surface area contributed by atoms with E-state index < -0.39 is 5.97 Å². The van der Waals surface area contributed by atoms with Crippen LogP contribution in [0.5, 0.6) is 0 Å². The van der Waals surface area contributed by atoms with E-state index in [2.05, 4.69) is 0 Å². The van der Waals surface area contributed by atoms with Crippen LogP contribution in [0.15, 0.2) is 0 Å². The summed E-state index contributed by atoms with van der Waals surface area (Å²) < 4.78 is 0. The van der Waals surface area contributed by atoms with Gasteiger partial charge in [-0.2, -0.15) is 0 Å². The third-order valence-corrected chi connectivity index (χ3v) is 4.57. The van der Waals surface area contributed by atoms with Crippen molar-refractivity contribution in [2.75, 3.05) is 0 Å². The summed E-state index contributed by atoms with van der Waals surface area (Å²) in [6.07, 6.45) is 6.21. The quantitative estimate of drug-likeness (QED) is 0.671. The van der Waals surface area contributed by atoms with Gasteiger partial charge in [-0.1, -0.05) is 0 Å². The van der Waals surface area contributed by atoms with Gasteiger partial charge in [0.15, 0.2) is 0 Å². The van der Waals surface area contributed by atoms with Crippen LogP contribution in [0, 0.1) is 29.6 Å². The zero-order chi connectivity index (χ0) is 9.00. The maximum absolute atomic E-state index is 11.1. The number of hydrogen-bond donors (Lipinski definition) is 1. The molecule has 0 aromatic heterocycles. The summed E-state index contributed by atoms with van der Waals surface area (Å²) in [6, 6.07) is 0. The van der Waals surface area contributed by atoms with E-state index in [1.165, 1.54) is 25.7 Å². The van der Waals surface area contributed by atoms with Crippen LogP contribution >= 0.6 is 0 Å². The van der Waals surface area contributed by atoms with Crippen molar-refractivity contribution in [3.8, 4) is 0 Å². The number of aliphatic carboxylic acids is 1. The van der Waals surface area contributed by atoms with Gasteiger partial charge in [-0.15, -0.1) is 0 Å². The fourth-order valence-corrected chi connectivity index (χ4v) is 4.24. The fraction of sp³-hybridized carbons (Fsp3) is 0.909. The molecule has 3 bridgehead atoms. The molecule has 0 radical (unpaired) electrons. The average molecular weight is 180 g/mol. The Bertz CT molecular complexity index is 246. The van der Waals surface area contributed by atoms with Gasteiger partial charge in [0.25, 0.3) is 0 Å². The molecule has 3 rings (SSSR count). The molecule has 2 nitrogen and oxygen atoms in total. The topological polar surface area (TPSA) is 37.3 Å². The molecule has 3 fully saturated rings. The van der Waals surface area contributed by atoms with Gasteiger partial charge in [0.2, 0.25) is 0 Å². The molecule has 1 N–H and O–H groups in total. The lowest BCUT2D eigenvalue weighted by Crippen LogP contribution is -2.34. The molecule has 0 aromatic carbocycles. The molecule has 0 heterocycles. The summed E-state index contributed by atoms with van der Waals surface area (Å²) in [7, 11) is 0. The molecule has 3 aliphatic carbocycles. The molecular weight excluding hydrogens is 164 g/mol. The van der Waals surface area contributed by atoms with Crippen molar-refractivity contribution >= 4 is 5.97 Å². The molecule has 0 spiro atoms. The van der Waals surface area contributed by atoms with E-state index in [4.69, 9.17) is 5.11 Å². The van der Waals surface area contributed by atoms with E-state index in [0.29, 0.717) is 5.92 Å². The van der Waals surface area contributed by atoms with Crippen molar-refractivity contribution in [2.24, 2.45) is 29.6 Å². The number of carbonyl (C=O) groups is 1. The summed E-state index contributed by atoms with van der Waals surface area (Å²) in [5.41, 5.74) is 0. The van der Waals surface area contributed by atoms with Crippen LogP contribution in [-0.2, 0) is 4.79 Å². The first kappa shape index (κ1) is 7.84. The standard InChI is InChI=1S/C11H16O2/c12-11(13)10-5-7-1-6-2-8(3-7)9(10)4-6/h6-10H,1-5H2,(H,12,13). The zero-order valence-electron chi connectivity index (χ0n) is 7.78. The molecule has 3 aliphatic rings. The Morgan fingerprint density at radius 2 is 1.69 bits per heavy atom. The van der Waals surface area contributed by atoms with Gasteiger partial charge < -0.3 is 5.11 Å². The molecule has 0 saturated heterocycles. The third kappa shape index (κ3) is 1.04. The van der Waals surface area contributed by atoms with Gasteiger partial charge in [-0.05, 0) is 55.8 Å². The minimum Gasteiger partial charge on any atom is -0.481 e. The molecule has 0 aromatic rings. The lowest BCUT2D eigenvalue weighted by Gasteiger charge is -2.37. The minimum atomic E-state index is -0.526. The van der Waals surface area contributed by atoms with Gasteiger partial charge in [0.05, 0.1) is 5.92 Å². The highest BCUT2D eigenvalue weighted by atomic mass is 16.4. The van der Waals surface area contributed by atoms with Crippen LogP contribution in [0.1, 0.15) is 32.1 Å². The highest BCUT2D eigenvalue weighted by Gasteiger charge is 2.50. The van der Waals surface area contributed by atoms with Crippen molar-refractivity contribution < 1.29 is 9.90 Å². The summed E-state index contributed by atoms with van der Waals surface area (Å²) in [6.45, 7) is 0. The molecule has 0 aliphatic heterocycles. The summed E-state index contributed by atoms with van der Waals surface area (Å²) >= 11 is 0. The molecular formula is C11H16O2. The van der Waals surface area contributed by atoms with Gasteiger partial charge in [-0.25, -0.2) is 0 Å². The van der Waals surface area contributed by atoms with Gasteiger partial charge >= 0.3 is 5.97 Å². The summed E-state index contributed by atoms with van der Waals surface area (Å²) in [5, 5.41) is 9.12. The smallest absolute Gasteiger partial charge is 0.306 e. The highest BCUT2D eigenvalue weighted by Crippen LogP contribution is 2.57. The van der Waals surface area contributed by atoms with Gasteiger partial charge in [0.1, 0.15) is 0 Å². The van der Waals surface area contributed by atoms with Crippen molar-refractivity contribution in [1.29, 1.82) is 0 Å². The number of carboxylic acid groups (broad SMARTS) is 1. The first-order valence-corrected chi connectivity index (χ1v) is 5.47. The van der Waals surface area contributed by atoms with E-state index in [9.17, 15) is 4.79 Å². The second-order valence-corrected chi connectivity index (χ2v) is 5.28. The number of hydrogen-bond acceptors (Lipinski definition) is 1. The Kier molecular flexibility index (Phi) is 1.50. The molecule has 3 saturated carbocycles. The minimum absolute atomic E-state index is 0.0104. The van der Waals surface area contributed by atoms with E-state index in [1.54, 1.807) is 0 Å². The van der Waals surface area contributed by atoms with Crippen molar-refractivity contribution in [2.45, 2.75) is 32.1 Å². The second kappa shape index (κ2) is 2.49.